The number of nitrogens with zero attached hydrogens (tertiary/aromatic N) is 2. The van der Waals surface area contributed by atoms with Gasteiger partial charge in [-0.2, -0.15) is 0 Å². The summed E-state index contributed by atoms with van der Waals surface area (Å²) < 4.78 is 11.8. The number of hydrogen-bond donors (Lipinski definition) is 0. The first-order valence-electron chi connectivity index (χ1n) is 8.72. The molecule has 0 radical (unpaired) electrons. The Morgan fingerprint density at radius 3 is 2.64 bits per heavy atom. The molecule has 0 amide bonds. The predicted octanol–water partition coefficient (Wildman–Crippen LogP) is 4.17. The molecule has 0 unspecified atom stereocenters. The molecule has 0 spiro atoms. The largest absolute Gasteiger partial charge is 0.463 e. The van der Waals surface area contributed by atoms with Gasteiger partial charge in [0.15, 0.2) is 0 Å². The van der Waals surface area contributed by atoms with Crippen LogP contribution < -0.4 is 5.56 Å². The highest BCUT2D eigenvalue weighted by atomic mass is 32.1. The molecular formula is C21H18N2O4S. The SMILES string of the molecule is COC(=O)c1ccc(Cn2c(-c3ccccc3)nc3sc(C)c(C)c3c2=O)o1. The number of aromatic nitrogens is 2. The molecule has 0 bridgehead atoms. The summed E-state index contributed by atoms with van der Waals surface area (Å²) in [6.45, 7) is 4.09. The minimum atomic E-state index is -0.556. The maximum atomic E-state index is 13.4. The third kappa shape index (κ3) is 3.03. The molecule has 0 saturated carbocycles. The van der Waals surface area contributed by atoms with Crippen molar-refractivity contribution in [2.45, 2.75) is 20.4 Å². The van der Waals surface area contributed by atoms with E-state index in [1.807, 2.05) is 44.2 Å². The highest BCUT2D eigenvalue weighted by Crippen LogP contribution is 2.29. The number of carbonyl (C=O) groups excluding carboxylic acids is 1. The molecular weight excluding hydrogens is 376 g/mol. The summed E-state index contributed by atoms with van der Waals surface area (Å²) in [6, 6.07) is 12.8. The molecule has 0 N–H and O–H groups in total. The van der Waals surface area contributed by atoms with Crippen molar-refractivity contribution in [2.75, 3.05) is 7.11 Å². The molecule has 4 rings (SSSR count). The van der Waals surface area contributed by atoms with Gasteiger partial charge in [-0.15, -0.1) is 11.3 Å². The number of esters is 1. The van der Waals surface area contributed by atoms with E-state index < -0.39 is 5.97 Å². The topological polar surface area (TPSA) is 74.3 Å². The van der Waals surface area contributed by atoms with Gasteiger partial charge in [0, 0.05) is 10.4 Å². The minimum absolute atomic E-state index is 0.100. The van der Waals surface area contributed by atoms with E-state index in [2.05, 4.69) is 4.74 Å². The Morgan fingerprint density at radius 2 is 1.93 bits per heavy atom. The van der Waals surface area contributed by atoms with Crippen LogP contribution in [0.4, 0.5) is 0 Å². The van der Waals surface area contributed by atoms with Crippen molar-refractivity contribution in [3.05, 3.63) is 74.8 Å². The fourth-order valence-electron chi connectivity index (χ4n) is 3.11. The molecule has 0 fully saturated rings. The van der Waals surface area contributed by atoms with Gasteiger partial charge in [-0.1, -0.05) is 30.3 Å². The summed E-state index contributed by atoms with van der Waals surface area (Å²) in [5, 5.41) is 0.627. The average molecular weight is 394 g/mol. The molecule has 0 saturated heterocycles. The van der Waals surface area contributed by atoms with Crippen molar-refractivity contribution >= 4 is 27.5 Å². The maximum Gasteiger partial charge on any atom is 0.373 e. The van der Waals surface area contributed by atoms with E-state index in [1.165, 1.54) is 18.4 Å². The number of fused-ring (bicyclic) bond motifs is 1. The normalized spacial score (nSPS) is 11.1. The minimum Gasteiger partial charge on any atom is -0.463 e. The molecule has 142 valence electrons. The Kier molecular flexibility index (Phi) is 4.60. The fourth-order valence-corrected chi connectivity index (χ4v) is 4.13. The first-order chi connectivity index (χ1) is 13.5. The lowest BCUT2D eigenvalue weighted by molar-refractivity contribution is 0.0563. The zero-order valence-corrected chi connectivity index (χ0v) is 16.5. The van der Waals surface area contributed by atoms with Crippen molar-refractivity contribution in [3.63, 3.8) is 0 Å². The number of furan rings is 1. The second-order valence-electron chi connectivity index (χ2n) is 6.41. The second kappa shape index (κ2) is 7.09. The number of carbonyl (C=O) groups is 1. The van der Waals surface area contributed by atoms with Crippen LogP contribution >= 0.6 is 11.3 Å². The van der Waals surface area contributed by atoms with Crippen LogP contribution in [0.25, 0.3) is 21.6 Å². The van der Waals surface area contributed by atoms with E-state index in [9.17, 15) is 9.59 Å². The summed E-state index contributed by atoms with van der Waals surface area (Å²) in [4.78, 5) is 31.6. The molecule has 0 atom stereocenters. The van der Waals surface area contributed by atoms with Crippen LogP contribution in [0, 0.1) is 13.8 Å². The summed E-state index contributed by atoms with van der Waals surface area (Å²) >= 11 is 1.52. The quantitative estimate of drug-likeness (QED) is 0.486. The van der Waals surface area contributed by atoms with E-state index in [-0.39, 0.29) is 17.9 Å². The number of aryl methyl sites for hydroxylation is 2. The van der Waals surface area contributed by atoms with E-state index in [1.54, 1.807) is 16.7 Å². The van der Waals surface area contributed by atoms with Crippen LogP contribution in [0.3, 0.4) is 0 Å². The monoisotopic (exact) mass is 394 g/mol. The summed E-state index contributed by atoms with van der Waals surface area (Å²) in [5.74, 6) is 0.587. The van der Waals surface area contributed by atoms with Gasteiger partial charge >= 0.3 is 5.97 Å². The van der Waals surface area contributed by atoms with Crippen LogP contribution in [0.5, 0.6) is 0 Å². The van der Waals surface area contributed by atoms with E-state index in [4.69, 9.17) is 9.40 Å². The van der Waals surface area contributed by atoms with E-state index >= 15 is 0 Å². The highest BCUT2D eigenvalue weighted by molar-refractivity contribution is 7.18. The lowest BCUT2D eigenvalue weighted by atomic mass is 10.2. The third-order valence-corrected chi connectivity index (χ3v) is 5.78. The number of benzene rings is 1. The molecule has 4 aromatic rings. The summed E-state index contributed by atoms with van der Waals surface area (Å²) in [5.41, 5.74) is 1.66. The van der Waals surface area contributed by atoms with Crippen LogP contribution in [0.2, 0.25) is 0 Å². The van der Waals surface area contributed by atoms with Gasteiger partial charge in [-0.3, -0.25) is 9.36 Å². The molecule has 3 heterocycles. The second-order valence-corrected chi connectivity index (χ2v) is 7.62. The number of ether oxygens (including phenoxy) is 1. The fraction of sp³-hybridized carbons (Fsp3) is 0.190. The number of methoxy groups -OCH3 is 1. The Labute approximate surface area is 165 Å². The van der Waals surface area contributed by atoms with Gasteiger partial charge in [0.1, 0.15) is 16.4 Å². The molecule has 0 aliphatic rings. The van der Waals surface area contributed by atoms with Crippen molar-refractivity contribution in [1.82, 2.24) is 9.55 Å². The predicted molar refractivity (Wildman–Crippen MR) is 108 cm³/mol. The zero-order valence-electron chi connectivity index (χ0n) is 15.7. The van der Waals surface area contributed by atoms with Crippen LogP contribution in [0.15, 0.2) is 51.7 Å². The molecule has 6 nitrogen and oxygen atoms in total. The smallest absolute Gasteiger partial charge is 0.373 e. The Morgan fingerprint density at radius 1 is 1.18 bits per heavy atom. The lowest BCUT2D eigenvalue weighted by Gasteiger charge is -2.11. The Bertz CT molecular complexity index is 1230. The molecule has 1 aromatic carbocycles. The molecule has 3 aromatic heterocycles. The van der Waals surface area contributed by atoms with E-state index in [0.717, 1.165) is 20.8 Å². The number of rotatable bonds is 4. The van der Waals surface area contributed by atoms with Gasteiger partial charge in [0.05, 0.1) is 19.0 Å². The maximum absolute atomic E-state index is 13.4. The molecule has 28 heavy (non-hydrogen) atoms. The van der Waals surface area contributed by atoms with Gasteiger partial charge in [-0.25, -0.2) is 9.78 Å². The van der Waals surface area contributed by atoms with Gasteiger partial charge < -0.3 is 9.15 Å². The number of thiophene rings is 1. The number of hydrogen-bond acceptors (Lipinski definition) is 6. The summed E-state index contributed by atoms with van der Waals surface area (Å²) in [7, 11) is 1.29. The van der Waals surface area contributed by atoms with Crippen LogP contribution in [0.1, 0.15) is 26.8 Å². The standard InChI is InChI=1S/C21H18N2O4S/c1-12-13(2)28-19-17(12)20(24)23(18(22-19)14-7-5-4-6-8-14)11-15-9-10-16(27-15)21(25)26-3/h4-10H,11H2,1-3H3. The van der Waals surface area contributed by atoms with Crippen molar-refractivity contribution in [2.24, 2.45) is 0 Å². The van der Waals surface area contributed by atoms with Gasteiger partial charge in [0.2, 0.25) is 5.76 Å². The van der Waals surface area contributed by atoms with Crippen LogP contribution in [-0.4, -0.2) is 22.6 Å². The first kappa shape index (κ1) is 18.2. The summed E-state index contributed by atoms with van der Waals surface area (Å²) in [6.07, 6.45) is 0. The zero-order chi connectivity index (χ0) is 19.8. The molecule has 0 aliphatic carbocycles. The lowest BCUT2D eigenvalue weighted by Crippen LogP contribution is -2.24. The van der Waals surface area contributed by atoms with E-state index in [0.29, 0.717) is 17.0 Å². The molecule has 7 heteroatoms. The van der Waals surface area contributed by atoms with Gasteiger partial charge in [0.25, 0.3) is 5.56 Å². The highest BCUT2D eigenvalue weighted by Gasteiger charge is 2.19. The Balaban J connectivity index is 1.91. The van der Waals surface area contributed by atoms with Crippen molar-refractivity contribution in [1.29, 1.82) is 0 Å². The average Bonchev–Trinajstić information content (AvgIpc) is 3.29. The van der Waals surface area contributed by atoms with Crippen molar-refractivity contribution in [3.8, 4) is 11.4 Å². The third-order valence-electron chi connectivity index (χ3n) is 4.68. The van der Waals surface area contributed by atoms with Crippen LogP contribution in [-0.2, 0) is 11.3 Å². The van der Waals surface area contributed by atoms with Crippen molar-refractivity contribution < 1.29 is 13.9 Å². The van der Waals surface area contributed by atoms with Gasteiger partial charge in [-0.05, 0) is 31.5 Å². The molecule has 0 aliphatic heterocycles. The Hall–Kier alpha value is -3.19. The first-order valence-corrected chi connectivity index (χ1v) is 9.54.